The molecule has 3 rings (SSSR count). The number of carboxylic acid groups (broad SMARTS) is 1. The van der Waals surface area contributed by atoms with Crippen LogP contribution in [-0.2, 0) is 10.2 Å². The van der Waals surface area contributed by atoms with Gasteiger partial charge in [0.05, 0.1) is 11.8 Å². The van der Waals surface area contributed by atoms with E-state index in [1.165, 1.54) is 0 Å². The number of hydrogen-bond donors (Lipinski definition) is 1. The Hall–Kier alpha value is -2.68. The molecule has 0 radical (unpaired) electrons. The predicted octanol–water partition coefficient (Wildman–Crippen LogP) is 1.91. The van der Waals surface area contributed by atoms with Crippen molar-refractivity contribution in [3.8, 4) is 11.9 Å². The monoisotopic (exact) mass is 282 g/mol. The normalized spacial score (nSPS) is 23.5. The van der Waals surface area contributed by atoms with Crippen LogP contribution >= 0.6 is 0 Å². The lowest BCUT2D eigenvalue weighted by molar-refractivity contribution is -0.140. The Morgan fingerprint density at radius 2 is 2.38 bits per heavy atom. The molecule has 1 fully saturated rings. The predicted molar refractivity (Wildman–Crippen MR) is 73.6 cm³/mol. The summed E-state index contributed by atoms with van der Waals surface area (Å²) in [4.78, 5) is 20.1. The number of carboxylic acids is 1. The Labute approximate surface area is 121 Å². The molecule has 1 N–H and O–H groups in total. The lowest BCUT2D eigenvalue weighted by atomic mass is 9.98. The van der Waals surface area contributed by atoms with Gasteiger partial charge in [-0.1, -0.05) is 6.07 Å². The van der Waals surface area contributed by atoms with E-state index in [1.807, 2.05) is 18.2 Å². The third kappa shape index (κ3) is 2.17. The first-order valence-electron chi connectivity index (χ1n) is 6.74. The summed E-state index contributed by atoms with van der Waals surface area (Å²) in [5, 5.41) is 18.2. The summed E-state index contributed by atoms with van der Waals surface area (Å²) in [7, 11) is 0. The van der Waals surface area contributed by atoms with Crippen molar-refractivity contribution in [2.24, 2.45) is 5.92 Å². The molecule has 0 aliphatic heterocycles. The van der Waals surface area contributed by atoms with Gasteiger partial charge in [0.1, 0.15) is 17.6 Å². The molecule has 2 aromatic heterocycles. The first kappa shape index (κ1) is 13.3. The smallest absolute Gasteiger partial charge is 0.316 e. The molecule has 0 amide bonds. The van der Waals surface area contributed by atoms with Gasteiger partial charge in [-0.2, -0.15) is 5.26 Å². The average Bonchev–Trinajstić information content (AvgIpc) is 3.03. The molecule has 0 aromatic carbocycles. The molecule has 106 valence electrons. The van der Waals surface area contributed by atoms with Crippen molar-refractivity contribution in [2.75, 3.05) is 0 Å². The van der Waals surface area contributed by atoms with Gasteiger partial charge in [0.15, 0.2) is 0 Å². The Balaban J connectivity index is 1.88. The maximum absolute atomic E-state index is 11.7. The SMILES string of the molecule is N#CCC[C@H]1C[C@]1(C(=O)O)c1cn(-c2ccccn2)cn1. The van der Waals surface area contributed by atoms with Crippen LogP contribution in [0, 0.1) is 17.2 Å². The van der Waals surface area contributed by atoms with Gasteiger partial charge in [-0.25, -0.2) is 9.97 Å². The molecule has 6 heteroatoms. The van der Waals surface area contributed by atoms with Gasteiger partial charge in [-0.05, 0) is 30.9 Å². The molecule has 6 nitrogen and oxygen atoms in total. The van der Waals surface area contributed by atoms with E-state index in [4.69, 9.17) is 5.26 Å². The number of nitrogens with zero attached hydrogens (tertiary/aromatic N) is 4. The largest absolute Gasteiger partial charge is 0.481 e. The van der Waals surface area contributed by atoms with Crippen molar-refractivity contribution in [1.29, 1.82) is 5.26 Å². The maximum Gasteiger partial charge on any atom is 0.316 e. The van der Waals surface area contributed by atoms with Crippen molar-refractivity contribution in [3.63, 3.8) is 0 Å². The summed E-state index contributed by atoms with van der Waals surface area (Å²) in [5.41, 5.74) is -0.389. The van der Waals surface area contributed by atoms with E-state index in [0.29, 0.717) is 30.8 Å². The van der Waals surface area contributed by atoms with Gasteiger partial charge in [0, 0.05) is 18.8 Å². The van der Waals surface area contributed by atoms with Crippen molar-refractivity contribution in [2.45, 2.75) is 24.7 Å². The van der Waals surface area contributed by atoms with Crippen LogP contribution in [0.1, 0.15) is 25.0 Å². The van der Waals surface area contributed by atoms with Gasteiger partial charge in [-0.3, -0.25) is 9.36 Å². The molecule has 2 heterocycles. The third-order valence-electron chi connectivity index (χ3n) is 4.04. The van der Waals surface area contributed by atoms with Crippen LogP contribution in [0.5, 0.6) is 0 Å². The van der Waals surface area contributed by atoms with Crippen LogP contribution in [0.25, 0.3) is 5.82 Å². The minimum absolute atomic E-state index is 0.0123. The fraction of sp³-hybridized carbons (Fsp3) is 0.333. The number of rotatable bonds is 5. The van der Waals surface area contributed by atoms with Gasteiger partial charge in [-0.15, -0.1) is 0 Å². The lowest BCUT2D eigenvalue weighted by Crippen LogP contribution is -2.23. The summed E-state index contributed by atoms with van der Waals surface area (Å²) >= 11 is 0. The number of carbonyl (C=O) groups is 1. The summed E-state index contributed by atoms with van der Waals surface area (Å²) in [5.74, 6) is -0.176. The molecule has 0 saturated heterocycles. The number of hydrogen-bond acceptors (Lipinski definition) is 4. The molecule has 0 unspecified atom stereocenters. The van der Waals surface area contributed by atoms with Crippen molar-refractivity contribution >= 4 is 5.97 Å². The summed E-state index contributed by atoms with van der Waals surface area (Å²) in [6, 6.07) is 7.58. The summed E-state index contributed by atoms with van der Waals surface area (Å²) in [6.07, 6.45) is 6.50. The van der Waals surface area contributed by atoms with E-state index in [1.54, 1.807) is 23.3 Å². The Morgan fingerprint density at radius 1 is 1.52 bits per heavy atom. The summed E-state index contributed by atoms with van der Waals surface area (Å²) in [6.45, 7) is 0. The highest BCUT2D eigenvalue weighted by molar-refractivity contribution is 5.85. The molecule has 1 aliphatic carbocycles. The zero-order valence-electron chi connectivity index (χ0n) is 11.3. The number of aromatic nitrogens is 3. The zero-order chi connectivity index (χ0) is 14.9. The number of pyridine rings is 1. The molecule has 2 atom stereocenters. The van der Waals surface area contributed by atoms with Gasteiger partial charge < -0.3 is 5.11 Å². The molecule has 0 spiro atoms. The Morgan fingerprint density at radius 3 is 3.05 bits per heavy atom. The van der Waals surface area contributed by atoms with Crippen LogP contribution in [0.4, 0.5) is 0 Å². The number of aliphatic carboxylic acids is 1. The summed E-state index contributed by atoms with van der Waals surface area (Å²) < 4.78 is 1.72. The fourth-order valence-corrected chi connectivity index (χ4v) is 2.79. The third-order valence-corrected chi connectivity index (χ3v) is 4.04. The first-order valence-corrected chi connectivity index (χ1v) is 6.74. The van der Waals surface area contributed by atoms with Crippen LogP contribution in [-0.4, -0.2) is 25.6 Å². The van der Waals surface area contributed by atoms with Gasteiger partial charge >= 0.3 is 5.97 Å². The first-order chi connectivity index (χ1) is 10.2. The highest BCUT2D eigenvalue weighted by Crippen LogP contribution is 2.56. The second kappa shape index (κ2) is 5.02. The number of imidazole rings is 1. The van der Waals surface area contributed by atoms with E-state index in [-0.39, 0.29) is 5.92 Å². The minimum Gasteiger partial charge on any atom is -0.481 e. The van der Waals surface area contributed by atoms with Crippen molar-refractivity contribution in [3.05, 3.63) is 42.6 Å². The maximum atomic E-state index is 11.7. The fourth-order valence-electron chi connectivity index (χ4n) is 2.79. The Kier molecular flexibility index (Phi) is 3.18. The molecular formula is C15H14N4O2. The van der Waals surface area contributed by atoms with Gasteiger partial charge in [0.25, 0.3) is 0 Å². The zero-order valence-corrected chi connectivity index (χ0v) is 11.3. The molecule has 2 aromatic rings. The van der Waals surface area contributed by atoms with Crippen molar-refractivity contribution < 1.29 is 9.90 Å². The van der Waals surface area contributed by atoms with E-state index in [2.05, 4.69) is 16.0 Å². The second-order valence-corrected chi connectivity index (χ2v) is 5.23. The topological polar surface area (TPSA) is 91.8 Å². The quantitative estimate of drug-likeness (QED) is 0.904. The van der Waals surface area contributed by atoms with E-state index in [9.17, 15) is 9.90 Å². The molecule has 1 saturated carbocycles. The minimum atomic E-state index is -0.934. The Bertz CT molecular complexity index is 704. The number of nitriles is 1. The van der Waals surface area contributed by atoms with E-state index < -0.39 is 11.4 Å². The van der Waals surface area contributed by atoms with Crippen LogP contribution in [0.3, 0.4) is 0 Å². The van der Waals surface area contributed by atoms with Crippen LogP contribution in [0.15, 0.2) is 36.9 Å². The van der Waals surface area contributed by atoms with Crippen LogP contribution < -0.4 is 0 Å². The second-order valence-electron chi connectivity index (χ2n) is 5.23. The molecule has 21 heavy (non-hydrogen) atoms. The highest BCUT2D eigenvalue weighted by Gasteiger charge is 2.62. The highest BCUT2D eigenvalue weighted by atomic mass is 16.4. The molecule has 0 bridgehead atoms. The van der Waals surface area contributed by atoms with Gasteiger partial charge in [0.2, 0.25) is 0 Å². The van der Waals surface area contributed by atoms with Crippen LogP contribution in [0.2, 0.25) is 0 Å². The lowest BCUT2D eigenvalue weighted by Gasteiger charge is -2.08. The standard InChI is InChI=1S/C15H14N4O2/c16-6-3-4-11-8-15(11,14(20)21)12-9-19(10-18-12)13-5-1-2-7-17-13/h1-2,5,7,9-11H,3-4,8H2,(H,20,21)/t11-,15+/m0/s1. The molecule has 1 aliphatic rings. The van der Waals surface area contributed by atoms with E-state index >= 15 is 0 Å². The average molecular weight is 282 g/mol. The van der Waals surface area contributed by atoms with E-state index in [0.717, 1.165) is 0 Å². The van der Waals surface area contributed by atoms with Crippen molar-refractivity contribution in [1.82, 2.24) is 14.5 Å². The molecular weight excluding hydrogens is 268 g/mol.